The van der Waals surface area contributed by atoms with E-state index in [1.807, 2.05) is 37.3 Å². The summed E-state index contributed by atoms with van der Waals surface area (Å²) in [5.41, 5.74) is 2.29. The van der Waals surface area contributed by atoms with Gasteiger partial charge in [0.25, 0.3) is 5.91 Å². The highest BCUT2D eigenvalue weighted by Crippen LogP contribution is 2.42. The molecular weight excluding hydrogens is 476 g/mol. The van der Waals surface area contributed by atoms with Gasteiger partial charge in [0.1, 0.15) is 6.61 Å². The summed E-state index contributed by atoms with van der Waals surface area (Å²) in [6.45, 7) is 7.85. The number of thiazole rings is 1. The number of Topliss-reactive ketones (excluding diaryl/α,β-unsaturated/α-hetero) is 1. The SMILES string of the molecule is C=CCOc1ccc(C2C(C(=O)c3sc(C)nc3C)=C(O)C(=O)N2CCc2ccccc2)cc1OC. The van der Waals surface area contributed by atoms with Crippen molar-refractivity contribution in [2.75, 3.05) is 20.3 Å². The number of nitrogens with zero attached hydrogens (tertiary/aromatic N) is 2. The van der Waals surface area contributed by atoms with Gasteiger partial charge in [-0.1, -0.05) is 49.1 Å². The highest BCUT2D eigenvalue weighted by molar-refractivity contribution is 7.14. The van der Waals surface area contributed by atoms with E-state index in [0.717, 1.165) is 10.6 Å². The van der Waals surface area contributed by atoms with Crippen LogP contribution in [-0.2, 0) is 11.2 Å². The van der Waals surface area contributed by atoms with Crippen LogP contribution in [0.25, 0.3) is 0 Å². The van der Waals surface area contributed by atoms with Crippen LogP contribution in [-0.4, -0.2) is 46.9 Å². The molecule has 2 heterocycles. The third-order valence-electron chi connectivity index (χ3n) is 6.00. The molecule has 36 heavy (non-hydrogen) atoms. The highest BCUT2D eigenvalue weighted by atomic mass is 32.1. The van der Waals surface area contributed by atoms with E-state index in [1.54, 1.807) is 31.2 Å². The van der Waals surface area contributed by atoms with Crippen LogP contribution in [0.4, 0.5) is 0 Å². The Balaban J connectivity index is 1.77. The number of hydrogen-bond acceptors (Lipinski definition) is 7. The van der Waals surface area contributed by atoms with Crippen LogP contribution < -0.4 is 9.47 Å². The molecule has 0 saturated carbocycles. The monoisotopic (exact) mass is 504 g/mol. The van der Waals surface area contributed by atoms with Crippen LogP contribution in [0.5, 0.6) is 11.5 Å². The summed E-state index contributed by atoms with van der Waals surface area (Å²) >= 11 is 1.25. The summed E-state index contributed by atoms with van der Waals surface area (Å²) in [6.07, 6.45) is 2.19. The van der Waals surface area contributed by atoms with Crippen LogP contribution in [0.15, 0.2) is 72.5 Å². The van der Waals surface area contributed by atoms with E-state index < -0.39 is 23.5 Å². The minimum absolute atomic E-state index is 0.0432. The molecule has 0 saturated heterocycles. The third kappa shape index (κ3) is 4.90. The normalized spacial score (nSPS) is 15.4. The molecule has 1 aliphatic rings. The molecule has 1 aliphatic heterocycles. The topological polar surface area (TPSA) is 89.0 Å². The van der Waals surface area contributed by atoms with Gasteiger partial charge in [-0.05, 0) is 43.5 Å². The molecule has 0 radical (unpaired) electrons. The van der Waals surface area contributed by atoms with Crippen LogP contribution in [0.1, 0.15) is 37.5 Å². The number of rotatable bonds is 10. The van der Waals surface area contributed by atoms with Gasteiger partial charge in [-0.25, -0.2) is 4.98 Å². The predicted octanol–water partition coefficient (Wildman–Crippen LogP) is 5.15. The predicted molar refractivity (Wildman–Crippen MR) is 139 cm³/mol. The van der Waals surface area contributed by atoms with Crippen molar-refractivity contribution in [2.24, 2.45) is 0 Å². The summed E-state index contributed by atoms with van der Waals surface area (Å²) in [4.78, 5) is 33.3. The number of aliphatic hydroxyl groups excluding tert-OH is 1. The van der Waals surface area contributed by atoms with Crippen molar-refractivity contribution in [3.8, 4) is 11.5 Å². The minimum Gasteiger partial charge on any atom is -0.503 e. The van der Waals surface area contributed by atoms with Crippen molar-refractivity contribution in [1.82, 2.24) is 9.88 Å². The second kappa shape index (κ2) is 10.8. The number of carbonyl (C=O) groups is 2. The van der Waals surface area contributed by atoms with Gasteiger partial charge in [-0.2, -0.15) is 0 Å². The number of hydrogen-bond donors (Lipinski definition) is 1. The molecule has 0 bridgehead atoms. The number of aromatic nitrogens is 1. The molecule has 186 valence electrons. The summed E-state index contributed by atoms with van der Waals surface area (Å²) < 4.78 is 11.2. The Hall–Kier alpha value is -3.91. The van der Waals surface area contributed by atoms with E-state index in [-0.39, 0.29) is 5.57 Å². The molecule has 1 unspecified atom stereocenters. The fraction of sp³-hybridized carbons (Fsp3) is 0.250. The molecule has 8 heteroatoms. The maximum Gasteiger partial charge on any atom is 0.290 e. The van der Waals surface area contributed by atoms with Crippen molar-refractivity contribution in [3.05, 3.63) is 99.2 Å². The van der Waals surface area contributed by atoms with Crippen LogP contribution >= 0.6 is 11.3 Å². The summed E-state index contributed by atoms with van der Waals surface area (Å²) in [5, 5.41) is 11.7. The lowest BCUT2D eigenvalue weighted by molar-refractivity contribution is -0.129. The molecule has 0 spiro atoms. The molecule has 3 aromatic rings. The van der Waals surface area contributed by atoms with E-state index in [0.29, 0.717) is 47.2 Å². The molecule has 4 rings (SSSR count). The lowest BCUT2D eigenvalue weighted by Crippen LogP contribution is -2.33. The van der Waals surface area contributed by atoms with Gasteiger partial charge >= 0.3 is 0 Å². The zero-order valence-corrected chi connectivity index (χ0v) is 21.3. The Morgan fingerprint density at radius 2 is 1.94 bits per heavy atom. The number of methoxy groups -OCH3 is 1. The standard InChI is InChI=1S/C28H28N2O5S/c1-5-15-35-21-12-11-20(16-22(21)34-4)24-23(25(31)27-17(2)29-18(3)36-27)26(32)28(33)30(24)14-13-19-9-7-6-8-10-19/h5-12,16,24,32H,1,13-15H2,2-4H3. The highest BCUT2D eigenvalue weighted by Gasteiger charge is 2.44. The average Bonchev–Trinajstić information content (AvgIpc) is 3.36. The first-order valence-corrected chi connectivity index (χ1v) is 12.4. The van der Waals surface area contributed by atoms with Gasteiger partial charge in [-0.3, -0.25) is 9.59 Å². The Kier molecular flexibility index (Phi) is 7.55. The van der Waals surface area contributed by atoms with Crippen molar-refractivity contribution in [2.45, 2.75) is 26.3 Å². The second-order valence-corrected chi connectivity index (χ2v) is 9.59. The second-order valence-electron chi connectivity index (χ2n) is 8.39. The van der Waals surface area contributed by atoms with E-state index in [4.69, 9.17) is 9.47 Å². The summed E-state index contributed by atoms with van der Waals surface area (Å²) in [5.74, 6) is -0.551. The number of aliphatic hydroxyl groups is 1. The number of ether oxygens (including phenoxy) is 2. The lowest BCUT2D eigenvalue weighted by Gasteiger charge is -2.27. The fourth-order valence-electron chi connectivity index (χ4n) is 4.34. The van der Waals surface area contributed by atoms with Crippen LogP contribution in [0.3, 0.4) is 0 Å². The maximum atomic E-state index is 13.7. The van der Waals surface area contributed by atoms with E-state index in [2.05, 4.69) is 11.6 Å². The maximum absolute atomic E-state index is 13.7. The van der Waals surface area contributed by atoms with E-state index in [9.17, 15) is 14.7 Å². The van der Waals surface area contributed by atoms with Crippen LogP contribution in [0, 0.1) is 13.8 Å². The van der Waals surface area contributed by atoms with Crippen molar-refractivity contribution >= 4 is 23.0 Å². The first kappa shape index (κ1) is 25.2. The van der Waals surface area contributed by atoms with Gasteiger partial charge in [0, 0.05) is 6.54 Å². The van der Waals surface area contributed by atoms with Crippen molar-refractivity contribution in [1.29, 1.82) is 0 Å². The molecule has 7 nitrogen and oxygen atoms in total. The van der Waals surface area contributed by atoms with Crippen LogP contribution in [0.2, 0.25) is 0 Å². The van der Waals surface area contributed by atoms with Gasteiger partial charge in [0.15, 0.2) is 17.3 Å². The summed E-state index contributed by atoms with van der Waals surface area (Å²) in [6, 6.07) is 14.2. The number of amides is 1. The fourth-order valence-corrected chi connectivity index (χ4v) is 5.22. The molecule has 0 aliphatic carbocycles. The third-order valence-corrected chi connectivity index (χ3v) is 7.07. The quantitative estimate of drug-likeness (QED) is 0.303. The van der Waals surface area contributed by atoms with Crippen molar-refractivity contribution < 1.29 is 24.2 Å². The smallest absolute Gasteiger partial charge is 0.290 e. The van der Waals surface area contributed by atoms with Crippen molar-refractivity contribution in [3.63, 3.8) is 0 Å². The molecule has 1 amide bonds. The lowest BCUT2D eigenvalue weighted by atomic mass is 9.94. The Labute approximate surface area is 214 Å². The Morgan fingerprint density at radius 3 is 2.58 bits per heavy atom. The minimum atomic E-state index is -0.794. The molecular formula is C28H28N2O5S. The molecule has 2 aromatic carbocycles. The Bertz CT molecular complexity index is 1330. The average molecular weight is 505 g/mol. The zero-order chi connectivity index (χ0) is 25.8. The van der Waals surface area contributed by atoms with E-state index in [1.165, 1.54) is 23.3 Å². The van der Waals surface area contributed by atoms with E-state index >= 15 is 0 Å². The number of carbonyl (C=O) groups excluding carboxylic acids is 2. The molecule has 1 aromatic heterocycles. The van der Waals surface area contributed by atoms with Gasteiger partial charge in [0.05, 0.1) is 34.3 Å². The molecule has 1 N–H and O–H groups in total. The first-order chi connectivity index (χ1) is 17.3. The van der Waals surface area contributed by atoms with Gasteiger partial charge in [-0.15, -0.1) is 11.3 Å². The zero-order valence-electron chi connectivity index (χ0n) is 20.5. The largest absolute Gasteiger partial charge is 0.503 e. The first-order valence-electron chi connectivity index (χ1n) is 11.5. The number of aryl methyl sites for hydroxylation is 2. The number of benzene rings is 2. The van der Waals surface area contributed by atoms with Gasteiger partial charge < -0.3 is 19.5 Å². The number of ketones is 1. The Morgan fingerprint density at radius 1 is 1.19 bits per heavy atom. The van der Waals surface area contributed by atoms with Gasteiger partial charge in [0.2, 0.25) is 5.78 Å². The molecule has 0 fully saturated rings. The molecule has 1 atom stereocenters. The summed E-state index contributed by atoms with van der Waals surface area (Å²) in [7, 11) is 1.52.